The highest BCUT2D eigenvalue weighted by atomic mass is 32.2. The first kappa shape index (κ1) is 24.5. The number of carbonyl (C=O) groups is 4. The molecule has 2 aromatic rings. The van der Waals surface area contributed by atoms with Crippen LogP contribution in [0, 0.1) is 6.92 Å². The van der Waals surface area contributed by atoms with Gasteiger partial charge in [-0.2, -0.15) is 0 Å². The van der Waals surface area contributed by atoms with E-state index in [2.05, 4.69) is 10.0 Å². The monoisotopic (exact) mass is 464 g/mol. The Morgan fingerprint density at radius 1 is 1.09 bits per heavy atom. The molecule has 0 radical (unpaired) electrons. The van der Waals surface area contributed by atoms with Crippen LogP contribution >= 0.6 is 0 Å². The molecule has 0 aromatic heterocycles. The quantitative estimate of drug-likeness (QED) is 0.315. The van der Waals surface area contributed by atoms with Crippen LogP contribution in [0.4, 0.5) is 0 Å². The van der Waals surface area contributed by atoms with Crippen LogP contribution in [0.25, 0.3) is 0 Å². The molecule has 170 valence electrons. The molecule has 32 heavy (non-hydrogen) atoms. The third kappa shape index (κ3) is 6.12. The number of aliphatic carboxylic acids is 1. The summed E-state index contributed by atoms with van der Waals surface area (Å²) in [5.41, 5.74) is 0.643. The van der Waals surface area contributed by atoms with Crippen molar-refractivity contribution in [3.05, 3.63) is 58.7 Å². The minimum absolute atomic E-state index is 0.149. The lowest BCUT2D eigenvalue weighted by Gasteiger charge is -2.13. The second-order valence-electron chi connectivity index (χ2n) is 6.76. The molecule has 0 saturated heterocycles. The van der Waals surface area contributed by atoms with Crippen LogP contribution in [0.1, 0.15) is 38.3 Å². The van der Waals surface area contributed by atoms with Gasteiger partial charge in [0.05, 0.1) is 17.4 Å². The molecule has 2 rings (SSSR count). The number of rotatable bonds is 10. The number of carboxylic acids is 2. The number of sulfonamides is 1. The largest absolute Gasteiger partial charge is 0.507 e. The van der Waals surface area contributed by atoms with Crippen molar-refractivity contribution in [2.24, 2.45) is 0 Å². The molecule has 0 heterocycles. The van der Waals surface area contributed by atoms with E-state index in [0.29, 0.717) is 17.4 Å². The molecule has 2 aromatic carbocycles. The molecule has 0 unspecified atom stereocenters. The highest BCUT2D eigenvalue weighted by molar-refractivity contribution is 7.89. The van der Waals surface area contributed by atoms with Crippen molar-refractivity contribution in [1.29, 1.82) is 0 Å². The summed E-state index contributed by atoms with van der Waals surface area (Å²) in [5, 5.41) is 29.6. The maximum atomic E-state index is 12.5. The SMILES string of the molecule is Cc1cc(C(=O)N[C@H](C=O)CC(=O)O)ccc1CNS(=O)(=O)c1ccc(O)c(C(=O)O)c1. The summed E-state index contributed by atoms with van der Waals surface area (Å²) < 4.78 is 27.3. The van der Waals surface area contributed by atoms with Gasteiger partial charge in [0.2, 0.25) is 10.0 Å². The van der Waals surface area contributed by atoms with Crippen molar-refractivity contribution in [1.82, 2.24) is 10.0 Å². The van der Waals surface area contributed by atoms with Crippen LogP contribution in [0.3, 0.4) is 0 Å². The normalized spacial score (nSPS) is 12.0. The average Bonchev–Trinajstić information content (AvgIpc) is 2.71. The standard InChI is InChI=1S/C20H20N2O9S/c1-11-6-12(19(27)22-14(10-23)7-18(25)26)2-3-13(11)9-21-32(30,31)15-4-5-17(24)16(8-15)20(28)29/h2-6,8,10,14,21,24H,7,9H2,1H3,(H,22,27)(H,25,26)(H,28,29)/t14-/m0/s1. The molecule has 12 heteroatoms. The Hall–Kier alpha value is -3.77. The van der Waals surface area contributed by atoms with Gasteiger partial charge in [0.1, 0.15) is 17.6 Å². The van der Waals surface area contributed by atoms with Gasteiger partial charge in [-0.1, -0.05) is 6.07 Å². The number of hydrogen-bond acceptors (Lipinski definition) is 7. The third-order valence-corrected chi connectivity index (χ3v) is 5.84. The zero-order chi connectivity index (χ0) is 24.1. The average molecular weight is 464 g/mol. The second kappa shape index (κ2) is 10.0. The Morgan fingerprint density at radius 3 is 2.34 bits per heavy atom. The Bertz CT molecular complexity index is 1180. The lowest BCUT2D eigenvalue weighted by atomic mass is 10.0. The number of benzene rings is 2. The Balaban J connectivity index is 2.13. The topological polar surface area (TPSA) is 187 Å². The van der Waals surface area contributed by atoms with Crippen molar-refractivity contribution in [2.75, 3.05) is 0 Å². The molecule has 0 aliphatic carbocycles. The number of aromatic carboxylic acids is 1. The lowest BCUT2D eigenvalue weighted by molar-refractivity contribution is -0.138. The van der Waals surface area contributed by atoms with E-state index in [-0.39, 0.29) is 17.0 Å². The lowest BCUT2D eigenvalue weighted by Crippen LogP contribution is -2.37. The van der Waals surface area contributed by atoms with Gasteiger partial charge >= 0.3 is 11.9 Å². The van der Waals surface area contributed by atoms with Crippen LogP contribution in [0.2, 0.25) is 0 Å². The highest BCUT2D eigenvalue weighted by Gasteiger charge is 2.20. The fourth-order valence-corrected chi connectivity index (χ4v) is 3.75. The van der Waals surface area contributed by atoms with Crippen LogP contribution in [0.5, 0.6) is 5.75 Å². The summed E-state index contributed by atoms with van der Waals surface area (Å²) >= 11 is 0. The fraction of sp³-hybridized carbons (Fsp3) is 0.200. The molecular formula is C20H20N2O9S. The Morgan fingerprint density at radius 2 is 1.78 bits per heavy atom. The van der Waals surface area contributed by atoms with Crippen molar-refractivity contribution in [3.8, 4) is 5.75 Å². The maximum absolute atomic E-state index is 12.5. The van der Waals surface area contributed by atoms with E-state index in [4.69, 9.17) is 10.2 Å². The van der Waals surface area contributed by atoms with Gasteiger partial charge in [-0.3, -0.25) is 9.59 Å². The zero-order valence-electron chi connectivity index (χ0n) is 16.7. The number of phenols is 1. The molecule has 11 nitrogen and oxygen atoms in total. The Kier molecular flexibility index (Phi) is 7.67. The van der Waals surface area contributed by atoms with Gasteiger partial charge in [-0.05, 0) is 48.4 Å². The Labute approximate surface area is 182 Å². The maximum Gasteiger partial charge on any atom is 0.339 e. The summed E-state index contributed by atoms with van der Waals surface area (Å²) in [7, 11) is -4.10. The number of aromatic hydroxyl groups is 1. The van der Waals surface area contributed by atoms with Gasteiger partial charge in [0.15, 0.2) is 0 Å². The van der Waals surface area contributed by atoms with Crippen molar-refractivity contribution in [2.45, 2.75) is 30.8 Å². The minimum Gasteiger partial charge on any atom is -0.507 e. The number of carboxylic acid groups (broad SMARTS) is 2. The van der Waals surface area contributed by atoms with E-state index < -0.39 is 51.6 Å². The van der Waals surface area contributed by atoms with Gasteiger partial charge in [0.25, 0.3) is 5.91 Å². The molecule has 0 fully saturated rings. The van der Waals surface area contributed by atoms with Gasteiger partial charge in [0, 0.05) is 12.1 Å². The molecule has 0 aliphatic heterocycles. The predicted molar refractivity (Wildman–Crippen MR) is 110 cm³/mol. The van der Waals surface area contributed by atoms with Crippen molar-refractivity contribution in [3.63, 3.8) is 0 Å². The molecule has 5 N–H and O–H groups in total. The van der Waals surface area contributed by atoms with E-state index in [1.54, 1.807) is 6.92 Å². The molecule has 0 bridgehead atoms. The third-order valence-electron chi connectivity index (χ3n) is 4.44. The molecule has 0 aliphatic rings. The zero-order valence-corrected chi connectivity index (χ0v) is 17.5. The van der Waals surface area contributed by atoms with Crippen LogP contribution < -0.4 is 10.0 Å². The van der Waals surface area contributed by atoms with E-state index in [1.165, 1.54) is 18.2 Å². The van der Waals surface area contributed by atoms with Gasteiger partial charge in [-0.15, -0.1) is 0 Å². The number of aryl methyl sites for hydroxylation is 1. The minimum atomic E-state index is -4.10. The summed E-state index contributed by atoms with van der Waals surface area (Å²) in [6.45, 7) is 1.45. The molecule has 0 spiro atoms. The number of carbonyl (C=O) groups excluding carboxylic acids is 2. The van der Waals surface area contributed by atoms with Crippen LogP contribution in [-0.2, 0) is 26.2 Å². The first-order valence-electron chi connectivity index (χ1n) is 9.08. The predicted octanol–water partition coefficient (Wildman–Crippen LogP) is 0.649. The summed E-state index contributed by atoms with van der Waals surface area (Å²) in [5.74, 6) is -3.96. The number of nitrogens with one attached hydrogen (secondary N) is 2. The van der Waals surface area contributed by atoms with Gasteiger partial charge in [-0.25, -0.2) is 17.9 Å². The second-order valence-corrected chi connectivity index (χ2v) is 8.53. The van der Waals surface area contributed by atoms with Crippen LogP contribution in [-0.4, -0.2) is 53.9 Å². The van der Waals surface area contributed by atoms with Crippen molar-refractivity contribution < 1.29 is 42.9 Å². The van der Waals surface area contributed by atoms with Crippen LogP contribution in [0.15, 0.2) is 41.3 Å². The van der Waals surface area contributed by atoms with E-state index in [9.17, 15) is 32.7 Å². The van der Waals surface area contributed by atoms with Gasteiger partial charge < -0.3 is 25.4 Å². The van der Waals surface area contributed by atoms with E-state index in [1.807, 2.05) is 0 Å². The molecule has 0 saturated carbocycles. The summed E-state index contributed by atoms with van der Waals surface area (Å²) in [6, 6.07) is 5.99. The van der Waals surface area contributed by atoms with E-state index in [0.717, 1.165) is 18.2 Å². The summed E-state index contributed by atoms with van der Waals surface area (Å²) in [6.07, 6.45) is -0.240. The molecule has 1 atom stereocenters. The number of amides is 1. The number of aldehydes is 1. The summed E-state index contributed by atoms with van der Waals surface area (Å²) in [4.78, 5) is 44.6. The molecule has 1 amide bonds. The van der Waals surface area contributed by atoms with Crippen molar-refractivity contribution >= 4 is 34.2 Å². The van der Waals surface area contributed by atoms with E-state index >= 15 is 0 Å². The smallest absolute Gasteiger partial charge is 0.339 e. The first-order valence-corrected chi connectivity index (χ1v) is 10.6. The first-order chi connectivity index (χ1) is 14.9. The number of hydrogen-bond donors (Lipinski definition) is 5. The fourth-order valence-electron chi connectivity index (χ4n) is 2.72. The molecular weight excluding hydrogens is 444 g/mol. The highest BCUT2D eigenvalue weighted by Crippen LogP contribution is 2.21.